The first-order valence-electron chi connectivity index (χ1n) is 13.4. The molecule has 194 valence electrons. The van der Waals surface area contributed by atoms with Crippen molar-refractivity contribution in [2.75, 3.05) is 13.2 Å². The van der Waals surface area contributed by atoms with Gasteiger partial charge >= 0.3 is 11.9 Å². The number of unbranched alkanes of at least 4 members (excludes halogenated alkanes) is 14. The van der Waals surface area contributed by atoms with E-state index >= 15 is 0 Å². The van der Waals surface area contributed by atoms with Gasteiger partial charge in [0, 0.05) is 6.42 Å². The SMILES string of the molecule is CCCCCCCCCCCCCCCCCC(=O)OCC(OC=O)C(=O)OCCC(C)C. The highest BCUT2D eigenvalue weighted by molar-refractivity contribution is 5.77. The Hall–Kier alpha value is -1.59. The molecular weight excluding hydrogens is 420 g/mol. The summed E-state index contributed by atoms with van der Waals surface area (Å²) < 4.78 is 14.9. The molecule has 0 rings (SSSR count). The van der Waals surface area contributed by atoms with Gasteiger partial charge in [0.05, 0.1) is 6.61 Å². The number of carbonyl (C=O) groups is 3. The lowest BCUT2D eigenvalue weighted by Crippen LogP contribution is -2.32. The van der Waals surface area contributed by atoms with Crippen LogP contribution in [-0.2, 0) is 28.6 Å². The molecule has 0 aliphatic heterocycles. The minimum Gasteiger partial charge on any atom is -0.463 e. The highest BCUT2D eigenvalue weighted by Crippen LogP contribution is 2.14. The van der Waals surface area contributed by atoms with E-state index in [1.165, 1.54) is 77.0 Å². The average Bonchev–Trinajstić information content (AvgIpc) is 2.78. The molecule has 0 amide bonds. The van der Waals surface area contributed by atoms with Crippen LogP contribution in [0, 0.1) is 5.92 Å². The van der Waals surface area contributed by atoms with Crippen LogP contribution in [0.1, 0.15) is 130 Å². The Morgan fingerprint density at radius 2 is 1.21 bits per heavy atom. The minimum atomic E-state index is -1.19. The summed E-state index contributed by atoms with van der Waals surface area (Å²) in [7, 11) is 0. The van der Waals surface area contributed by atoms with E-state index in [4.69, 9.17) is 14.2 Å². The minimum absolute atomic E-state index is 0.177. The molecule has 6 nitrogen and oxygen atoms in total. The zero-order valence-corrected chi connectivity index (χ0v) is 21.6. The van der Waals surface area contributed by atoms with Gasteiger partial charge in [0.1, 0.15) is 6.61 Å². The maximum Gasteiger partial charge on any atom is 0.351 e. The highest BCUT2D eigenvalue weighted by atomic mass is 16.6. The second-order valence-corrected chi connectivity index (χ2v) is 9.45. The van der Waals surface area contributed by atoms with Crippen molar-refractivity contribution in [1.82, 2.24) is 0 Å². The maximum absolute atomic E-state index is 11.9. The fourth-order valence-corrected chi connectivity index (χ4v) is 3.60. The van der Waals surface area contributed by atoms with E-state index in [0.29, 0.717) is 12.3 Å². The summed E-state index contributed by atoms with van der Waals surface area (Å²) >= 11 is 0. The third-order valence-electron chi connectivity index (χ3n) is 5.80. The fraction of sp³-hybridized carbons (Fsp3) is 0.889. The van der Waals surface area contributed by atoms with E-state index < -0.39 is 12.1 Å². The quantitative estimate of drug-likeness (QED) is 0.0659. The van der Waals surface area contributed by atoms with Crippen molar-refractivity contribution in [2.45, 2.75) is 136 Å². The molecule has 0 N–H and O–H groups in total. The smallest absolute Gasteiger partial charge is 0.351 e. The number of hydrogen-bond donors (Lipinski definition) is 0. The van der Waals surface area contributed by atoms with Crippen molar-refractivity contribution in [3.63, 3.8) is 0 Å². The van der Waals surface area contributed by atoms with E-state index in [9.17, 15) is 14.4 Å². The summed E-state index contributed by atoms with van der Waals surface area (Å²) in [6, 6.07) is 0. The van der Waals surface area contributed by atoms with Crippen molar-refractivity contribution in [2.24, 2.45) is 5.92 Å². The van der Waals surface area contributed by atoms with Gasteiger partial charge in [-0.15, -0.1) is 0 Å². The second kappa shape index (κ2) is 23.6. The van der Waals surface area contributed by atoms with E-state index in [1.54, 1.807) is 0 Å². The highest BCUT2D eigenvalue weighted by Gasteiger charge is 2.23. The van der Waals surface area contributed by atoms with Crippen molar-refractivity contribution in [3.8, 4) is 0 Å². The van der Waals surface area contributed by atoms with Gasteiger partial charge in [0.2, 0.25) is 6.10 Å². The molecule has 6 heteroatoms. The van der Waals surface area contributed by atoms with Gasteiger partial charge in [-0.25, -0.2) is 4.79 Å². The Morgan fingerprint density at radius 1 is 0.727 bits per heavy atom. The van der Waals surface area contributed by atoms with E-state index in [-0.39, 0.29) is 25.7 Å². The van der Waals surface area contributed by atoms with Crippen LogP contribution in [0.3, 0.4) is 0 Å². The molecule has 0 saturated carbocycles. The molecule has 0 fully saturated rings. The van der Waals surface area contributed by atoms with Crippen molar-refractivity contribution >= 4 is 18.4 Å². The number of esters is 2. The summed E-state index contributed by atoms with van der Waals surface area (Å²) in [4.78, 5) is 34.4. The zero-order chi connectivity index (χ0) is 24.6. The van der Waals surface area contributed by atoms with E-state index in [1.807, 2.05) is 13.8 Å². The topological polar surface area (TPSA) is 78.9 Å². The molecule has 0 aromatic carbocycles. The van der Waals surface area contributed by atoms with Crippen molar-refractivity contribution in [3.05, 3.63) is 0 Å². The van der Waals surface area contributed by atoms with Gasteiger partial charge in [-0.05, 0) is 18.8 Å². The predicted octanol–water partition coefficient (Wildman–Crippen LogP) is 6.92. The van der Waals surface area contributed by atoms with Crippen LogP contribution < -0.4 is 0 Å². The second-order valence-electron chi connectivity index (χ2n) is 9.45. The fourth-order valence-electron chi connectivity index (χ4n) is 3.60. The first-order chi connectivity index (χ1) is 16.0. The molecule has 0 heterocycles. The molecule has 0 aromatic rings. The first-order valence-corrected chi connectivity index (χ1v) is 13.4. The molecule has 0 radical (unpaired) electrons. The first kappa shape index (κ1) is 31.4. The summed E-state index contributed by atoms with van der Waals surface area (Å²) in [6.45, 7) is 6.44. The molecule has 1 atom stereocenters. The van der Waals surface area contributed by atoms with Crippen molar-refractivity contribution in [1.29, 1.82) is 0 Å². The Labute approximate surface area is 202 Å². The molecular formula is C27H50O6. The summed E-state index contributed by atoms with van der Waals surface area (Å²) in [5.41, 5.74) is 0. The Morgan fingerprint density at radius 3 is 1.67 bits per heavy atom. The van der Waals surface area contributed by atoms with Gasteiger partial charge in [0.25, 0.3) is 6.47 Å². The van der Waals surface area contributed by atoms with E-state index in [2.05, 4.69) is 6.92 Å². The molecule has 0 bridgehead atoms. The van der Waals surface area contributed by atoms with Crippen LogP contribution in [-0.4, -0.2) is 37.7 Å². The van der Waals surface area contributed by atoms with Crippen LogP contribution in [0.4, 0.5) is 0 Å². The van der Waals surface area contributed by atoms with Crippen molar-refractivity contribution < 1.29 is 28.6 Å². The molecule has 0 saturated heterocycles. The van der Waals surface area contributed by atoms with Crippen LogP contribution in [0.5, 0.6) is 0 Å². The van der Waals surface area contributed by atoms with Gasteiger partial charge in [-0.2, -0.15) is 0 Å². The molecule has 1 unspecified atom stereocenters. The standard InChI is InChI=1S/C27H50O6/c1-4-5-6-7-8-9-10-11-12-13-14-15-16-17-18-19-26(29)32-22-25(33-23-28)27(30)31-21-20-24(2)3/h23-25H,4-22H2,1-3H3. The van der Waals surface area contributed by atoms with E-state index in [0.717, 1.165) is 25.7 Å². The third-order valence-corrected chi connectivity index (χ3v) is 5.80. The molecule has 33 heavy (non-hydrogen) atoms. The number of ether oxygens (including phenoxy) is 3. The molecule has 0 aliphatic carbocycles. The number of hydrogen-bond acceptors (Lipinski definition) is 6. The molecule has 0 aromatic heterocycles. The summed E-state index contributed by atoms with van der Waals surface area (Å²) in [5, 5.41) is 0. The van der Waals surface area contributed by atoms with Crippen LogP contribution in [0.25, 0.3) is 0 Å². The van der Waals surface area contributed by atoms with Gasteiger partial charge in [-0.1, -0.05) is 111 Å². The van der Waals surface area contributed by atoms with Crippen LogP contribution >= 0.6 is 0 Å². The molecule has 0 aliphatic rings. The zero-order valence-electron chi connectivity index (χ0n) is 21.6. The number of carbonyl (C=O) groups excluding carboxylic acids is 3. The Balaban J connectivity index is 3.59. The average molecular weight is 471 g/mol. The Bertz CT molecular complexity index is 477. The largest absolute Gasteiger partial charge is 0.463 e. The lowest BCUT2D eigenvalue weighted by molar-refractivity contribution is -0.169. The summed E-state index contributed by atoms with van der Waals surface area (Å²) in [5.74, 6) is -0.655. The number of rotatable bonds is 24. The molecule has 0 spiro atoms. The van der Waals surface area contributed by atoms with Gasteiger partial charge < -0.3 is 14.2 Å². The van der Waals surface area contributed by atoms with Gasteiger partial charge in [0.15, 0.2) is 0 Å². The monoisotopic (exact) mass is 470 g/mol. The van der Waals surface area contributed by atoms with Gasteiger partial charge in [-0.3, -0.25) is 9.59 Å². The Kier molecular flexibility index (Phi) is 22.4. The predicted molar refractivity (Wildman–Crippen MR) is 132 cm³/mol. The normalized spacial score (nSPS) is 11.9. The summed E-state index contributed by atoms with van der Waals surface area (Å²) in [6.07, 6.45) is 18.9. The lowest BCUT2D eigenvalue weighted by atomic mass is 10.0. The lowest BCUT2D eigenvalue weighted by Gasteiger charge is -2.15. The van der Waals surface area contributed by atoms with Crippen LogP contribution in [0.15, 0.2) is 0 Å². The maximum atomic E-state index is 11.9. The third kappa shape index (κ3) is 22.0. The van der Waals surface area contributed by atoms with Crippen LogP contribution in [0.2, 0.25) is 0 Å².